The second kappa shape index (κ2) is 4.52. The topological polar surface area (TPSA) is 0 Å². The molecule has 0 bridgehead atoms. The predicted octanol–water partition coefficient (Wildman–Crippen LogP) is 5.13. The third-order valence-electron chi connectivity index (χ3n) is 4.09. The molecule has 0 spiro atoms. The van der Waals surface area contributed by atoms with Gasteiger partial charge in [-0.3, -0.25) is 0 Å². The molecule has 0 aromatic heterocycles. The highest BCUT2D eigenvalue weighted by atomic mass is 19.1. The van der Waals surface area contributed by atoms with E-state index in [2.05, 4.69) is 6.07 Å². The molecule has 0 radical (unpaired) electrons. The molecule has 102 valence electrons. The number of fused-ring (bicyclic) bond motifs is 3. The first-order valence-electron chi connectivity index (χ1n) is 6.88. The minimum Gasteiger partial charge on any atom is -0.207 e. The lowest BCUT2D eigenvalue weighted by Gasteiger charge is -2.14. The van der Waals surface area contributed by atoms with Crippen LogP contribution in [0.3, 0.4) is 0 Å². The van der Waals surface area contributed by atoms with E-state index in [4.69, 9.17) is 0 Å². The highest BCUT2D eigenvalue weighted by molar-refractivity contribution is 5.80. The van der Waals surface area contributed by atoms with Gasteiger partial charge in [0.2, 0.25) is 0 Å². The zero-order chi connectivity index (χ0) is 14.4. The maximum absolute atomic E-state index is 13.6. The lowest BCUT2D eigenvalue weighted by Crippen LogP contribution is -1.99. The molecule has 0 aliphatic heterocycles. The van der Waals surface area contributed by atoms with Crippen molar-refractivity contribution in [3.05, 3.63) is 95.1 Å². The van der Waals surface area contributed by atoms with Crippen LogP contribution < -0.4 is 0 Å². The first kappa shape index (κ1) is 12.3. The van der Waals surface area contributed by atoms with Crippen LogP contribution in [0.25, 0.3) is 11.1 Å². The fourth-order valence-corrected chi connectivity index (χ4v) is 3.19. The van der Waals surface area contributed by atoms with Gasteiger partial charge >= 0.3 is 0 Å². The van der Waals surface area contributed by atoms with E-state index in [0.717, 1.165) is 27.8 Å². The summed E-state index contributed by atoms with van der Waals surface area (Å²) in [6.45, 7) is 0. The summed E-state index contributed by atoms with van der Waals surface area (Å²) in [7, 11) is 0. The number of hydrogen-bond donors (Lipinski definition) is 0. The van der Waals surface area contributed by atoms with Crippen LogP contribution in [0.5, 0.6) is 0 Å². The first-order chi connectivity index (χ1) is 10.2. The molecule has 0 N–H and O–H groups in total. The maximum Gasteiger partial charge on any atom is 0.123 e. The highest BCUT2D eigenvalue weighted by Gasteiger charge is 2.29. The largest absolute Gasteiger partial charge is 0.207 e. The van der Waals surface area contributed by atoms with Gasteiger partial charge in [0.25, 0.3) is 0 Å². The minimum absolute atomic E-state index is 0.0393. The average molecular weight is 278 g/mol. The van der Waals surface area contributed by atoms with Crippen molar-refractivity contribution in [2.24, 2.45) is 0 Å². The van der Waals surface area contributed by atoms with Crippen LogP contribution in [-0.2, 0) is 0 Å². The van der Waals surface area contributed by atoms with Crippen LogP contribution in [-0.4, -0.2) is 0 Å². The molecular weight excluding hydrogens is 266 g/mol. The zero-order valence-electron chi connectivity index (χ0n) is 11.2. The molecule has 0 amide bonds. The zero-order valence-corrected chi connectivity index (χ0v) is 11.2. The SMILES string of the molecule is Fc1ccc(C2c3ccccc3-c3cc(F)ccc32)cc1. The Bertz CT molecular complexity index is 819. The molecule has 3 aromatic rings. The molecule has 4 rings (SSSR count). The van der Waals surface area contributed by atoms with E-state index in [1.807, 2.05) is 24.3 Å². The second-order valence-electron chi connectivity index (χ2n) is 5.30. The Hall–Kier alpha value is -2.48. The van der Waals surface area contributed by atoms with Crippen LogP contribution in [0.1, 0.15) is 22.6 Å². The third-order valence-corrected chi connectivity index (χ3v) is 4.09. The summed E-state index contributed by atoms with van der Waals surface area (Å²) in [6, 6.07) is 19.5. The van der Waals surface area contributed by atoms with Gasteiger partial charge in [0, 0.05) is 5.92 Å². The van der Waals surface area contributed by atoms with Crippen molar-refractivity contribution < 1.29 is 8.78 Å². The fourth-order valence-electron chi connectivity index (χ4n) is 3.19. The highest BCUT2D eigenvalue weighted by Crippen LogP contribution is 2.47. The molecule has 0 nitrogen and oxygen atoms in total. The predicted molar refractivity (Wildman–Crippen MR) is 79.2 cm³/mol. The Labute approximate surface area is 121 Å². The monoisotopic (exact) mass is 278 g/mol. The van der Waals surface area contributed by atoms with E-state index in [0.29, 0.717) is 0 Å². The Balaban J connectivity index is 1.98. The van der Waals surface area contributed by atoms with E-state index in [1.165, 1.54) is 18.2 Å². The van der Waals surface area contributed by atoms with Crippen LogP contribution in [0, 0.1) is 11.6 Å². The van der Waals surface area contributed by atoms with Crippen molar-refractivity contribution in [2.45, 2.75) is 5.92 Å². The summed E-state index contributed by atoms with van der Waals surface area (Å²) in [5, 5.41) is 0. The average Bonchev–Trinajstić information content (AvgIpc) is 2.82. The van der Waals surface area contributed by atoms with Gasteiger partial charge in [0.05, 0.1) is 0 Å². The summed E-state index contributed by atoms with van der Waals surface area (Å²) in [5.41, 5.74) is 5.23. The lowest BCUT2D eigenvalue weighted by molar-refractivity contribution is 0.626. The van der Waals surface area contributed by atoms with Gasteiger partial charge in [-0.2, -0.15) is 0 Å². The van der Waals surface area contributed by atoms with Crippen molar-refractivity contribution >= 4 is 0 Å². The lowest BCUT2D eigenvalue weighted by atomic mass is 9.89. The molecule has 0 heterocycles. The molecule has 21 heavy (non-hydrogen) atoms. The standard InChI is InChI=1S/C19H12F2/c20-13-7-5-12(6-8-13)19-16-4-2-1-3-15(16)18-11-14(21)9-10-17(18)19/h1-11,19H. The summed E-state index contributed by atoms with van der Waals surface area (Å²) < 4.78 is 26.8. The summed E-state index contributed by atoms with van der Waals surface area (Å²) in [4.78, 5) is 0. The molecule has 0 saturated heterocycles. The van der Waals surface area contributed by atoms with E-state index >= 15 is 0 Å². The van der Waals surface area contributed by atoms with Crippen molar-refractivity contribution in [3.63, 3.8) is 0 Å². The number of halogens is 2. The molecule has 1 unspecified atom stereocenters. The second-order valence-corrected chi connectivity index (χ2v) is 5.30. The maximum atomic E-state index is 13.6. The minimum atomic E-state index is -0.246. The number of benzene rings is 3. The smallest absolute Gasteiger partial charge is 0.123 e. The normalized spacial score (nSPS) is 15.6. The van der Waals surface area contributed by atoms with E-state index in [9.17, 15) is 8.78 Å². The molecule has 1 atom stereocenters. The third kappa shape index (κ3) is 1.87. The summed E-state index contributed by atoms with van der Waals surface area (Å²) in [6.07, 6.45) is 0. The van der Waals surface area contributed by atoms with Crippen molar-refractivity contribution in [3.8, 4) is 11.1 Å². The van der Waals surface area contributed by atoms with E-state index < -0.39 is 0 Å². The molecule has 1 aliphatic rings. The summed E-state index contributed by atoms with van der Waals surface area (Å²) in [5.74, 6) is -0.440. The van der Waals surface area contributed by atoms with Gasteiger partial charge < -0.3 is 0 Å². The van der Waals surface area contributed by atoms with Crippen molar-refractivity contribution in [1.29, 1.82) is 0 Å². The molecule has 2 heteroatoms. The van der Waals surface area contributed by atoms with E-state index in [1.54, 1.807) is 18.2 Å². The number of rotatable bonds is 1. The first-order valence-corrected chi connectivity index (χ1v) is 6.88. The van der Waals surface area contributed by atoms with Crippen LogP contribution in [0.4, 0.5) is 8.78 Å². The quantitative estimate of drug-likeness (QED) is 0.453. The molecule has 3 aromatic carbocycles. The van der Waals surface area contributed by atoms with Gasteiger partial charge in [-0.25, -0.2) is 8.78 Å². The Morgan fingerprint density at radius 2 is 1.29 bits per heavy atom. The molecule has 0 fully saturated rings. The van der Waals surface area contributed by atoms with Gasteiger partial charge in [0.1, 0.15) is 11.6 Å². The van der Waals surface area contributed by atoms with Crippen LogP contribution >= 0.6 is 0 Å². The van der Waals surface area contributed by atoms with E-state index in [-0.39, 0.29) is 17.6 Å². The fraction of sp³-hybridized carbons (Fsp3) is 0.0526. The van der Waals surface area contributed by atoms with Crippen molar-refractivity contribution in [1.82, 2.24) is 0 Å². The Morgan fingerprint density at radius 3 is 2.10 bits per heavy atom. The molecule has 1 aliphatic carbocycles. The molecular formula is C19H12F2. The Kier molecular flexibility index (Phi) is 2.64. The van der Waals surface area contributed by atoms with Crippen LogP contribution in [0.2, 0.25) is 0 Å². The molecule has 0 saturated carbocycles. The Morgan fingerprint density at radius 1 is 0.619 bits per heavy atom. The summed E-state index contributed by atoms with van der Waals surface area (Å²) >= 11 is 0. The van der Waals surface area contributed by atoms with Gasteiger partial charge in [0.15, 0.2) is 0 Å². The number of hydrogen-bond acceptors (Lipinski definition) is 0. The van der Waals surface area contributed by atoms with Crippen LogP contribution in [0.15, 0.2) is 66.7 Å². The van der Waals surface area contributed by atoms with Crippen molar-refractivity contribution in [2.75, 3.05) is 0 Å². The van der Waals surface area contributed by atoms with Gasteiger partial charge in [-0.05, 0) is 52.1 Å². The van der Waals surface area contributed by atoms with Gasteiger partial charge in [-0.1, -0.05) is 42.5 Å². The van der Waals surface area contributed by atoms with Gasteiger partial charge in [-0.15, -0.1) is 0 Å².